The number of hydrogen-bond acceptors (Lipinski definition) is 11. The average molecular weight is 787 g/mol. The topological polar surface area (TPSA) is 186 Å². The number of rotatable bonds is 32. The molecule has 0 amide bonds. The van der Waals surface area contributed by atoms with Gasteiger partial charge in [-0.3, -0.25) is 14.1 Å². The molecule has 1 heterocycles. The van der Waals surface area contributed by atoms with Crippen molar-refractivity contribution in [3.8, 4) is 0 Å². The normalized spacial score (nSPS) is 21.5. The van der Waals surface area contributed by atoms with Crippen LogP contribution in [0.5, 0.6) is 0 Å². The van der Waals surface area contributed by atoms with Crippen molar-refractivity contribution in [1.82, 2.24) is 0 Å². The Morgan fingerprint density at radius 1 is 0.630 bits per heavy atom. The zero-order chi connectivity index (χ0) is 39.9. The van der Waals surface area contributed by atoms with Crippen molar-refractivity contribution in [3.05, 3.63) is 48.6 Å². The largest absolute Gasteiger partial charge is 0.462 e. The van der Waals surface area contributed by atoms with Crippen LogP contribution in [0.15, 0.2) is 48.6 Å². The number of hydrogen-bond donors (Lipinski definition) is 4. The molecule has 0 spiro atoms. The highest BCUT2D eigenvalue weighted by molar-refractivity contribution is 7.85. The van der Waals surface area contributed by atoms with Crippen LogP contribution in [0.2, 0.25) is 0 Å². The Labute approximate surface area is 324 Å². The van der Waals surface area contributed by atoms with Gasteiger partial charge in [0.2, 0.25) is 0 Å². The molecule has 1 rings (SSSR count). The van der Waals surface area contributed by atoms with Crippen LogP contribution in [0.1, 0.15) is 142 Å². The number of aliphatic hydroxyl groups is 3. The zero-order valence-corrected chi connectivity index (χ0v) is 33.6. The lowest BCUT2D eigenvalue weighted by Gasteiger charge is -2.40. The SMILES string of the molecule is CCC/C=C/C/C=C/C/C=C/C/C=C/CCCCCC(=O)O[C@H](COC(=O)CCCCCCCCCCC)CO[C@H]1O[C@H](CS(=O)(=O)O)[C@@H](O)C(O)C1O. The van der Waals surface area contributed by atoms with Crippen molar-refractivity contribution in [3.63, 3.8) is 0 Å². The molecule has 54 heavy (non-hydrogen) atoms. The summed E-state index contributed by atoms with van der Waals surface area (Å²) in [6, 6.07) is 0. The molecule has 6 atom stereocenters. The lowest BCUT2D eigenvalue weighted by molar-refractivity contribution is -0.297. The Bertz CT molecular complexity index is 1200. The van der Waals surface area contributed by atoms with Crippen LogP contribution in [0.3, 0.4) is 0 Å². The fourth-order valence-electron chi connectivity index (χ4n) is 5.72. The Balaban J connectivity index is 2.52. The van der Waals surface area contributed by atoms with Gasteiger partial charge in [0.1, 0.15) is 36.8 Å². The molecule has 0 radical (unpaired) electrons. The van der Waals surface area contributed by atoms with Crippen LogP contribution in [-0.4, -0.2) is 96.0 Å². The minimum atomic E-state index is -4.60. The minimum Gasteiger partial charge on any atom is -0.462 e. The van der Waals surface area contributed by atoms with Gasteiger partial charge in [-0.15, -0.1) is 0 Å². The molecule has 2 unspecified atom stereocenters. The van der Waals surface area contributed by atoms with Crippen molar-refractivity contribution in [2.75, 3.05) is 19.0 Å². The van der Waals surface area contributed by atoms with Crippen LogP contribution < -0.4 is 0 Å². The molecule has 13 heteroatoms. The number of aliphatic hydroxyl groups excluding tert-OH is 3. The Hall–Kier alpha value is -2.39. The Morgan fingerprint density at radius 2 is 1.15 bits per heavy atom. The lowest BCUT2D eigenvalue weighted by Crippen LogP contribution is -2.60. The van der Waals surface area contributed by atoms with E-state index in [9.17, 15) is 37.9 Å². The van der Waals surface area contributed by atoms with Crippen molar-refractivity contribution in [1.29, 1.82) is 0 Å². The Kier molecular flexibility index (Phi) is 29.2. The van der Waals surface area contributed by atoms with Crippen molar-refractivity contribution in [2.24, 2.45) is 0 Å². The van der Waals surface area contributed by atoms with E-state index >= 15 is 0 Å². The predicted octanol–water partition coefficient (Wildman–Crippen LogP) is 7.22. The second-order valence-corrected chi connectivity index (χ2v) is 15.4. The number of ether oxygens (including phenoxy) is 4. The molecule has 0 aromatic heterocycles. The van der Waals surface area contributed by atoms with E-state index in [4.69, 9.17) is 18.9 Å². The molecule has 1 aliphatic heterocycles. The third kappa shape index (κ3) is 26.4. The van der Waals surface area contributed by atoms with Gasteiger partial charge in [-0.2, -0.15) is 8.42 Å². The van der Waals surface area contributed by atoms with Crippen LogP contribution >= 0.6 is 0 Å². The highest BCUT2D eigenvalue weighted by Gasteiger charge is 2.46. The molecule has 12 nitrogen and oxygen atoms in total. The van der Waals surface area contributed by atoms with Gasteiger partial charge in [0.15, 0.2) is 12.4 Å². The highest BCUT2D eigenvalue weighted by atomic mass is 32.2. The van der Waals surface area contributed by atoms with Crippen molar-refractivity contribution < 1.29 is 56.8 Å². The van der Waals surface area contributed by atoms with Gasteiger partial charge in [0.25, 0.3) is 10.1 Å². The second-order valence-electron chi connectivity index (χ2n) is 14.0. The van der Waals surface area contributed by atoms with Gasteiger partial charge in [-0.1, -0.05) is 127 Å². The molecule has 0 saturated carbocycles. The van der Waals surface area contributed by atoms with E-state index in [-0.39, 0.29) is 19.4 Å². The van der Waals surface area contributed by atoms with Gasteiger partial charge < -0.3 is 34.3 Å². The summed E-state index contributed by atoms with van der Waals surface area (Å²) >= 11 is 0. The maximum Gasteiger partial charge on any atom is 0.306 e. The van der Waals surface area contributed by atoms with Crippen molar-refractivity contribution in [2.45, 2.75) is 179 Å². The summed E-state index contributed by atoms with van der Waals surface area (Å²) in [5.74, 6) is -2.03. The van der Waals surface area contributed by atoms with E-state index in [0.717, 1.165) is 64.2 Å². The van der Waals surface area contributed by atoms with Crippen LogP contribution in [0, 0.1) is 0 Å². The predicted molar refractivity (Wildman–Crippen MR) is 210 cm³/mol. The third-order valence-corrected chi connectivity index (χ3v) is 9.64. The lowest BCUT2D eigenvalue weighted by atomic mass is 10.00. The summed E-state index contributed by atoms with van der Waals surface area (Å²) < 4.78 is 53.8. The molecule has 0 aromatic rings. The van der Waals surface area contributed by atoms with E-state index in [1.165, 1.54) is 38.5 Å². The van der Waals surface area contributed by atoms with Gasteiger partial charge in [-0.05, 0) is 51.4 Å². The first-order chi connectivity index (χ1) is 26.0. The fourth-order valence-corrected chi connectivity index (χ4v) is 6.42. The van der Waals surface area contributed by atoms with E-state index in [2.05, 4.69) is 62.5 Å². The molecule has 1 saturated heterocycles. The molecular formula is C41H70O12S. The van der Waals surface area contributed by atoms with E-state index in [1.807, 2.05) is 0 Å². The first-order valence-electron chi connectivity index (χ1n) is 20.2. The molecule has 0 aliphatic carbocycles. The summed E-state index contributed by atoms with van der Waals surface area (Å²) in [6.45, 7) is 3.61. The van der Waals surface area contributed by atoms with Crippen LogP contribution in [-0.2, 0) is 38.7 Å². The third-order valence-electron chi connectivity index (χ3n) is 8.89. The number of unbranched alkanes of at least 4 members (excludes halogenated alkanes) is 12. The fraction of sp³-hybridized carbons (Fsp3) is 0.756. The Morgan fingerprint density at radius 3 is 1.72 bits per heavy atom. The first kappa shape index (κ1) is 49.6. The summed E-state index contributed by atoms with van der Waals surface area (Å²) in [5.41, 5.74) is 0. The summed E-state index contributed by atoms with van der Waals surface area (Å²) in [5, 5.41) is 30.7. The second kappa shape index (κ2) is 31.8. The maximum absolute atomic E-state index is 12.7. The average Bonchev–Trinajstić information content (AvgIpc) is 3.13. The van der Waals surface area contributed by atoms with Gasteiger partial charge in [-0.25, -0.2) is 0 Å². The van der Waals surface area contributed by atoms with Gasteiger partial charge >= 0.3 is 11.9 Å². The molecule has 0 bridgehead atoms. The van der Waals surface area contributed by atoms with Gasteiger partial charge in [0, 0.05) is 12.8 Å². The number of esters is 2. The maximum atomic E-state index is 12.7. The highest BCUT2D eigenvalue weighted by Crippen LogP contribution is 2.24. The minimum absolute atomic E-state index is 0.126. The van der Waals surface area contributed by atoms with E-state index in [0.29, 0.717) is 12.8 Å². The number of carbonyl (C=O) groups is 2. The molecule has 1 fully saturated rings. The summed E-state index contributed by atoms with van der Waals surface area (Å²) in [7, 11) is -4.60. The van der Waals surface area contributed by atoms with Crippen LogP contribution in [0.25, 0.3) is 0 Å². The van der Waals surface area contributed by atoms with E-state index in [1.54, 1.807) is 0 Å². The zero-order valence-electron chi connectivity index (χ0n) is 32.8. The van der Waals surface area contributed by atoms with Crippen molar-refractivity contribution >= 4 is 22.1 Å². The monoisotopic (exact) mass is 786 g/mol. The molecule has 312 valence electrons. The summed E-state index contributed by atoms with van der Waals surface area (Å²) in [4.78, 5) is 25.2. The molecule has 4 N–H and O–H groups in total. The number of allylic oxidation sites excluding steroid dienone is 8. The number of carbonyl (C=O) groups excluding carboxylic acids is 2. The quantitative estimate of drug-likeness (QED) is 0.0233. The summed E-state index contributed by atoms with van der Waals surface area (Å²) in [6.07, 6.45) is 26.0. The standard InChI is InChI=1S/C41H70O12S/c1-3-5-7-9-11-13-14-15-16-17-18-19-20-22-24-26-28-30-37(43)52-34(31-50-36(42)29-27-25-23-21-12-10-8-6-4-2)32-51-41-40(46)39(45)38(44)35(53-41)33-54(47,48)49/h7,9,13-14,16-17,19-20,34-35,38-41,44-46H,3-6,8,10-12,15,18,21-33H2,1-2H3,(H,47,48,49)/b9-7+,14-13+,17-16+,20-19+/t34-,35-,38-,39?,40?,41+/m1/s1. The smallest absolute Gasteiger partial charge is 0.306 e. The molecule has 1 aliphatic rings. The molecular weight excluding hydrogens is 717 g/mol. The first-order valence-corrected chi connectivity index (χ1v) is 21.8. The van der Waals surface area contributed by atoms with E-state index < -0.39 is 71.2 Å². The molecule has 0 aromatic carbocycles. The van der Waals surface area contributed by atoms with Crippen LogP contribution in [0.4, 0.5) is 0 Å². The van der Waals surface area contributed by atoms with Gasteiger partial charge in [0.05, 0.1) is 6.61 Å².